The number of piperidine rings is 1. The smallest absolute Gasteiger partial charge is 0.233 e. The summed E-state index contributed by atoms with van der Waals surface area (Å²) in [5, 5.41) is 13.0. The number of hydrogen-bond acceptors (Lipinski definition) is 6. The predicted octanol–water partition coefficient (Wildman–Crippen LogP) is 2.91. The first-order valence-corrected chi connectivity index (χ1v) is 11.9. The van der Waals surface area contributed by atoms with Gasteiger partial charge in [0.05, 0.1) is 18.6 Å². The molecule has 1 amide bonds. The van der Waals surface area contributed by atoms with Crippen LogP contribution >= 0.6 is 0 Å². The number of likely N-dealkylation sites (tertiary alicyclic amines) is 1. The summed E-state index contributed by atoms with van der Waals surface area (Å²) < 4.78 is 7.37. The lowest BCUT2D eigenvalue weighted by Crippen LogP contribution is -2.58. The molecular weight excluding hydrogens is 404 g/mol. The number of nitrogens with zero attached hydrogens (tertiary/aromatic N) is 6. The molecule has 5 rings (SSSR count). The fourth-order valence-electron chi connectivity index (χ4n) is 5.82. The fourth-order valence-corrected chi connectivity index (χ4v) is 5.82. The van der Waals surface area contributed by atoms with Crippen LogP contribution in [0.1, 0.15) is 68.8 Å². The van der Waals surface area contributed by atoms with Gasteiger partial charge in [-0.05, 0) is 80.7 Å². The second-order valence-corrected chi connectivity index (χ2v) is 9.95. The average Bonchev–Trinajstić information content (AvgIpc) is 3.21. The first-order valence-electron chi connectivity index (χ1n) is 11.9. The number of carbonyl (C=O) groups excluding carboxylic acids is 1. The van der Waals surface area contributed by atoms with Crippen molar-refractivity contribution in [3.05, 3.63) is 35.7 Å². The van der Waals surface area contributed by atoms with E-state index in [1.807, 2.05) is 24.3 Å². The summed E-state index contributed by atoms with van der Waals surface area (Å²) in [5.74, 6) is 1.98. The quantitative estimate of drug-likeness (QED) is 0.690. The summed E-state index contributed by atoms with van der Waals surface area (Å²) in [6.45, 7) is 1.42. The molecule has 1 unspecified atom stereocenters. The van der Waals surface area contributed by atoms with E-state index in [2.05, 4.69) is 44.1 Å². The molecule has 8 nitrogen and oxygen atoms in total. The molecule has 1 aromatic carbocycles. The number of tetrazole rings is 1. The Labute approximate surface area is 189 Å². The van der Waals surface area contributed by atoms with Gasteiger partial charge in [-0.2, -0.15) is 0 Å². The molecule has 172 valence electrons. The molecule has 1 atom stereocenters. The van der Waals surface area contributed by atoms with Crippen molar-refractivity contribution in [1.82, 2.24) is 30.0 Å². The molecule has 0 bridgehead atoms. The van der Waals surface area contributed by atoms with E-state index in [0.29, 0.717) is 12.6 Å². The van der Waals surface area contributed by atoms with Crippen molar-refractivity contribution in [2.75, 3.05) is 34.3 Å². The van der Waals surface area contributed by atoms with E-state index < -0.39 is 0 Å². The number of aromatic nitrogens is 4. The first kappa shape index (κ1) is 21.4. The largest absolute Gasteiger partial charge is 0.497 e. The minimum atomic E-state index is -0.390. The van der Waals surface area contributed by atoms with Gasteiger partial charge in [0.25, 0.3) is 0 Å². The maximum Gasteiger partial charge on any atom is 0.233 e. The van der Waals surface area contributed by atoms with E-state index in [1.165, 1.54) is 12.8 Å². The van der Waals surface area contributed by atoms with Crippen LogP contribution in [0.15, 0.2) is 24.3 Å². The molecule has 2 heterocycles. The van der Waals surface area contributed by atoms with Gasteiger partial charge < -0.3 is 9.64 Å². The number of benzene rings is 1. The maximum atomic E-state index is 13.9. The van der Waals surface area contributed by atoms with Crippen LogP contribution in [0.4, 0.5) is 0 Å². The first-order chi connectivity index (χ1) is 15.5. The highest BCUT2D eigenvalue weighted by molar-refractivity contribution is 5.91. The third-order valence-electron chi connectivity index (χ3n) is 8.00. The Morgan fingerprint density at radius 1 is 1.09 bits per heavy atom. The Balaban J connectivity index is 1.43. The van der Waals surface area contributed by atoms with Crippen LogP contribution in [-0.2, 0) is 15.7 Å². The van der Waals surface area contributed by atoms with Crippen LogP contribution in [0.2, 0.25) is 0 Å². The lowest BCUT2D eigenvalue weighted by Gasteiger charge is -2.47. The third-order valence-corrected chi connectivity index (χ3v) is 8.00. The molecule has 1 saturated heterocycles. The van der Waals surface area contributed by atoms with Crippen molar-refractivity contribution in [3.63, 3.8) is 0 Å². The molecule has 2 aromatic rings. The van der Waals surface area contributed by atoms with Gasteiger partial charge >= 0.3 is 0 Å². The number of rotatable bonds is 6. The maximum absolute atomic E-state index is 13.9. The summed E-state index contributed by atoms with van der Waals surface area (Å²) in [4.78, 5) is 18.2. The highest BCUT2D eigenvalue weighted by Gasteiger charge is 2.55. The van der Waals surface area contributed by atoms with Crippen molar-refractivity contribution < 1.29 is 9.53 Å². The summed E-state index contributed by atoms with van der Waals surface area (Å²) in [5.41, 5.74) is 0.342. The van der Waals surface area contributed by atoms with Crippen LogP contribution in [0.25, 0.3) is 0 Å². The zero-order chi connectivity index (χ0) is 22.3. The Morgan fingerprint density at radius 2 is 1.81 bits per heavy atom. The lowest BCUT2D eigenvalue weighted by molar-refractivity contribution is -0.138. The van der Waals surface area contributed by atoms with Gasteiger partial charge in [0, 0.05) is 13.1 Å². The lowest BCUT2D eigenvalue weighted by atomic mass is 9.84. The summed E-state index contributed by atoms with van der Waals surface area (Å²) in [6.07, 6.45) is 8.43. The highest BCUT2D eigenvalue weighted by Crippen LogP contribution is 2.51. The number of ether oxygens (including phenoxy) is 1. The summed E-state index contributed by atoms with van der Waals surface area (Å²) in [7, 11) is 5.86. The minimum absolute atomic E-state index is 0.244. The standard InChI is InChI=1S/C24H34N6O2/c1-28(2)24(21-25-26-27-30(21)19-7-4-5-8-19)13-6-16-29(17-24)22(31)23(14-15-23)18-9-11-20(32-3)12-10-18/h9-12,19H,4-8,13-17H2,1-3H3. The Kier molecular flexibility index (Phi) is 5.43. The molecular formula is C24H34N6O2. The van der Waals surface area contributed by atoms with Crippen LogP contribution in [0, 0.1) is 0 Å². The molecule has 8 heteroatoms. The molecule has 0 N–H and O–H groups in total. The summed E-state index contributed by atoms with van der Waals surface area (Å²) >= 11 is 0. The van der Waals surface area contributed by atoms with Crippen LogP contribution in [0.3, 0.4) is 0 Å². The van der Waals surface area contributed by atoms with Crippen LogP contribution in [-0.4, -0.2) is 70.2 Å². The van der Waals surface area contributed by atoms with E-state index in [4.69, 9.17) is 4.74 Å². The molecule has 3 aliphatic rings. The molecule has 0 radical (unpaired) electrons. The van der Waals surface area contributed by atoms with Gasteiger partial charge in [0.15, 0.2) is 5.82 Å². The zero-order valence-corrected chi connectivity index (χ0v) is 19.5. The fraction of sp³-hybridized carbons (Fsp3) is 0.667. The van der Waals surface area contributed by atoms with Crippen molar-refractivity contribution in [2.24, 2.45) is 0 Å². The zero-order valence-electron chi connectivity index (χ0n) is 19.5. The molecule has 32 heavy (non-hydrogen) atoms. The monoisotopic (exact) mass is 438 g/mol. The van der Waals surface area contributed by atoms with E-state index >= 15 is 0 Å². The number of methoxy groups -OCH3 is 1. The Bertz CT molecular complexity index is 961. The van der Waals surface area contributed by atoms with Gasteiger partial charge in [-0.3, -0.25) is 9.69 Å². The third kappa shape index (κ3) is 3.39. The van der Waals surface area contributed by atoms with Crippen molar-refractivity contribution in [3.8, 4) is 5.75 Å². The van der Waals surface area contributed by atoms with Gasteiger partial charge in [-0.25, -0.2) is 4.68 Å². The van der Waals surface area contributed by atoms with Crippen molar-refractivity contribution >= 4 is 5.91 Å². The molecule has 0 spiro atoms. The van der Waals surface area contributed by atoms with Gasteiger partial charge in [0.1, 0.15) is 11.3 Å². The van der Waals surface area contributed by atoms with Crippen LogP contribution in [0.5, 0.6) is 5.75 Å². The number of carbonyl (C=O) groups is 1. The van der Waals surface area contributed by atoms with Gasteiger partial charge in [0.2, 0.25) is 5.91 Å². The molecule has 2 aliphatic carbocycles. The van der Waals surface area contributed by atoms with Crippen molar-refractivity contribution in [2.45, 2.75) is 68.4 Å². The summed E-state index contributed by atoms with van der Waals surface area (Å²) in [6, 6.07) is 8.38. The number of likely N-dealkylation sites (N-methyl/N-ethyl adjacent to an activating group) is 1. The van der Waals surface area contributed by atoms with E-state index in [9.17, 15) is 4.79 Å². The molecule has 3 fully saturated rings. The Morgan fingerprint density at radius 3 is 2.44 bits per heavy atom. The van der Waals surface area contributed by atoms with E-state index in [1.54, 1.807) is 7.11 Å². The minimum Gasteiger partial charge on any atom is -0.497 e. The van der Waals surface area contributed by atoms with Gasteiger partial charge in [-0.1, -0.05) is 25.0 Å². The number of amides is 1. The SMILES string of the molecule is COc1ccc(C2(C(=O)N3CCCC(c4nnnn4C4CCCC4)(N(C)C)C3)CC2)cc1. The Hall–Kier alpha value is -2.48. The second-order valence-electron chi connectivity index (χ2n) is 9.95. The van der Waals surface area contributed by atoms with Crippen molar-refractivity contribution in [1.29, 1.82) is 0 Å². The topological polar surface area (TPSA) is 76.4 Å². The average molecular weight is 439 g/mol. The van der Waals surface area contributed by atoms with E-state index in [-0.39, 0.29) is 16.9 Å². The second kappa shape index (κ2) is 8.14. The molecule has 2 saturated carbocycles. The predicted molar refractivity (Wildman–Crippen MR) is 120 cm³/mol. The van der Waals surface area contributed by atoms with Crippen LogP contribution < -0.4 is 4.74 Å². The van der Waals surface area contributed by atoms with E-state index in [0.717, 1.165) is 62.2 Å². The normalized spacial score (nSPS) is 25.3. The number of hydrogen-bond donors (Lipinski definition) is 0. The molecule has 1 aromatic heterocycles. The van der Waals surface area contributed by atoms with Gasteiger partial charge in [-0.15, -0.1) is 5.10 Å². The highest BCUT2D eigenvalue weighted by atomic mass is 16.5. The molecule has 1 aliphatic heterocycles.